The van der Waals surface area contributed by atoms with Crippen molar-refractivity contribution in [3.63, 3.8) is 0 Å². The van der Waals surface area contributed by atoms with E-state index in [-0.39, 0.29) is 11.2 Å². The summed E-state index contributed by atoms with van der Waals surface area (Å²) >= 11 is 6.23. The maximum Gasteiger partial charge on any atom is 0.173 e. The predicted molar refractivity (Wildman–Crippen MR) is 106 cm³/mol. The van der Waals surface area contributed by atoms with E-state index < -0.39 is 11.5 Å². The van der Waals surface area contributed by atoms with E-state index in [1.165, 1.54) is 0 Å². The molecule has 0 aromatic heterocycles. The Morgan fingerprint density at radius 3 is 2.68 bits per heavy atom. The number of carbonyl (C=O) groups is 1. The first kappa shape index (κ1) is 19.2. The Labute approximate surface area is 155 Å². The van der Waals surface area contributed by atoms with Crippen molar-refractivity contribution in [2.24, 2.45) is 16.3 Å². The summed E-state index contributed by atoms with van der Waals surface area (Å²) in [6.45, 7) is 8.18. The number of hydrogen-bond donors (Lipinski definition) is 0. The number of halogens is 1. The topological polar surface area (TPSA) is 29.4 Å². The summed E-state index contributed by atoms with van der Waals surface area (Å²) in [4.78, 5) is 17.6. The summed E-state index contributed by atoms with van der Waals surface area (Å²) in [7, 11) is 0. The fraction of sp³-hybridized carbons (Fsp3) is 0.364. The Balaban J connectivity index is 2.27. The molecule has 1 aliphatic heterocycles. The monoisotopic (exact) mass is 353 g/mol. The van der Waals surface area contributed by atoms with E-state index in [0.717, 1.165) is 0 Å². The first-order chi connectivity index (χ1) is 11.7. The average Bonchev–Trinajstić information content (AvgIpc) is 2.97. The summed E-state index contributed by atoms with van der Waals surface area (Å²) < 4.78 is 0. The van der Waals surface area contributed by atoms with Gasteiger partial charge >= 0.3 is 0 Å². The summed E-state index contributed by atoms with van der Waals surface area (Å²) in [5.74, 6) is 5.89. The Morgan fingerprint density at radius 2 is 2.08 bits per heavy atom. The fourth-order valence-electron chi connectivity index (χ4n) is 2.62. The van der Waals surface area contributed by atoms with Crippen LogP contribution < -0.4 is 0 Å². The second-order valence-corrected chi connectivity index (χ2v) is 7.78. The van der Waals surface area contributed by atoms with Crippen LogP contribution in [0.5, 0.6) is 0 Å². The molecule has 0 bridgehead atoms. The summed E-state index contributed by atoms with van der Waals surface area (Å²) in [6, 6.07) is 7.14. The van der Waals surface area contributed by atoms with Crippen molar-refractivity contribution in [1.82, 2.24) is 0 Å². The molecule has 2 nitrogen and oxygen atoms in total. The van der Waals surface area contributed by atoms with Gasteiger partial charge in [-0.3, -0.25) is 9.79 Å². The highest BCUT2D eigenvalue weighted by Gasteiger charge is 2.37. The average molecular weight is 354 g/mol. The van der Waals surface area contributed by atoms with E-state index in [4.69, 9.17) is 11.6 Å². The smallest absolute Gasteiger partial charge is 0.173 e. The quantitative estimate of drug-likeness (QED) is 0.388. The van der Waals surface area contributed by atoms with Crippen LogP contribution in [-0.2, 0) is 0 Å². The van der Waals surface area contributed by atoms with Crippen LogP contribution in [0.15, 0.2) is 53.6 Å². The lowest BCUT2D eigenvalue weighted by Gasteiger charge is -2.27. The van der Waals surface area contributed by atoms with Crippen LogP contribution >= 0.6 is 11.6 Å². The molecular formula is C22H24ClNO. The molecule has 0 saturated carbocycles. The van der Waals surface area contributed by atoms with Crippen LogP contribution in [-0.4, -0.2) is 17.5 Å². The van der Waals surface area contributed by atoms with Crippen molar-refractivity contribution >= 4 is 23.6 Å². The highest BCUT2D eigenvalue weighted by atomic mass is 35.5. The van der Waals surface area contributed by atoms with Crippen LogP contribution in [0.3, 0.4) is 0 Å². The van der Waals surface area contributed by atoms with Crippen LogP contribution in [0.1, 0.15) is 44.5 Å². The molecule has 1 aromatic rings. The molecule has 0 aliphatic carbocycles. The molecule has 0 amide bonds. The van der Waals surface area contributed by atoms with E-state index in [2.05, 4.69) is 37.6 Å². The van der Waals surface area contributed by atoms with Crippen molar-refractivity contribution in [2.45, 2.75) is 39.7 Å². The lowest BCUT2D eigenvalue weighted by atomic mass is 9.80. The number of hydrogen-bond acceptors (Lipinski definition) is 2. The van der Waals surface area contributed by atoms with Crippen molar-refractivity contribution in [3.8, 4) is 11.8 Å². The minimum atomic E-state index is -0.593. The van der Waals surface area contributed by atoms with Gasteiger partial charge in [-0.1, -0.05) is 53.8 Å². The van der Waals surface area contributed by atoms with E-state index in [9.17, 15) is 4.79 Å². The molecule has 130 valence electrons. The summed E-state index contributed by atoms with van der Waals surface area (Å²) in [5, 5.41) is 0.466. The minimum Gasteiger partial charge on any atom is -0.293 e. The molecule has 0 radical (unpaired) electrons. The Kier molecular flexibility index (Phi) is 6.03. The van der Waals surface area contributed by atoms with Gasteiger partial charge in [-0.15, -0.1) is 0 Å². The van der Waals surface area contributed by atoms with E-state index in [0.29, 0.717) is 17.0 Å². The maximum absolute atomic E-state index is 13.1. The zero-order valence-corrected chi connectivity index (χ0v) is 16.0. The Morgan fingerprint density at radius 1 is 1.36 bits per heavy atom. The number of aliphatic imine (C=N–C) groups is 1. The zero-order valence-electron chi connectivity index (χ0n) is 15.2. The molecule has 1 aromatic carbocycles. The third-order valence-corrected chi connectivity index (χ3v) is 4.27. The largest absolute Gasteiger partial charge is 0.293 e. The van der Waals surface area contributed by atoms with Crippen LogP contribution in [0, 0.1) is 23.2 Å². The predicted octanol–water partition coefficient (Wildman–Crippen LogP) is 5.53. The maximum atomic E-state index is 13.1. The summed E-state index contributed by atoms with van der Waals surface area (Å²) in [5.41, 5.74) is -0.0914. The van der Waals surface area contributed by atoms with Gasteiger partial charge in [0.05, 0.1) is 16.5 Å². The van der Waals surface area contributed by atoms with Gasteiger partial charge in [0.15, 0.2) is 5.78 Å². The van der Waals surface area contributed by atoms with Gasteiger partial charge in [-0.2, -0.15) is 0 Å². The van der Waals surface area contributed by atoms with Gasteiger partial charge in [-0.25, -0.2) is 0 Å². The minimum absolute atomic E-state index is 0.0227. The number of Topliss-reactive ketones (excluding diaryl/α,β-unsaturated/α-hetero) is 1. The molecule has 0 saturated heterocycles. The number of benzene rings is 1. The number of ketones is 1. The SMILES string of the molecule is CC(C)(C)C#CCC=CC(C(=O)c1ccccc1Cl)C1(C)C=CC=N1. The van der Waals surface area contributed by atoms with E-state index >= 15 is 0 Å². The normalized spacial score (nSPS) is 20.5. The van der Waals surface area contributed by atoms with Crippen LogP contribution in [0.4, 0.5) is 0 Å². The lowest BCUT2D eigenvalue weighted by molar-refractivity contribution is 0.0917. The lowest BCUT2D eigenvalue weighted by Crippen LogP contribution is -2.34. The summed E-state index contributed by atoms with van der Waals surface area (Å²) in [6.07, 6.45) is 10.0. The van der Waals surface area contributed by atoms with E-state index in [1.54, 1.807) is 18.3 Å². The molecular weight excluding hydrogens is 330 g/mol. The molecule has 2 unspecified atom stereocenters. The molecule has 25 heavy (non-hydrogen) atoms. The van der Waals surface area contributed by atoms with Crippen molar-refractivity contribution in [1.29, 1.82) is 0 Å². The van der Waals surface area contributed by atoms with Gasteiger partial charge in [0.2, 0.25) is 0 Å². The molecule has 0 fully saturated rings. The van der Waals surface area contributed by atoms with Gasteiger partial charge < -0.3 is 0 Å². The standard InChI is InChI=1S/C22H24ClNO/c1-21(2,3)14-9-5-6-12-18(22(4)15-10-16-24-22)20(25)17-11-7-8-13-19(17)23/h6-8,10-13,15-16,18H,5H2,1-4H3. The first-order valence-corrected chi connectivity index (χ1v) is 8.79. The molecule has 2 atom stereocenters. The number of nitrogens with zero attached hydrogens (tertiary/aromatic N) is 1. The second kappa shape index (κ2) is 7.85. The molecule has 0 N–H and O–H groups in total. The highest BCUT2D eigenvalue weighted by Crippen LogP contribution is 2.32. The zero-order chi connectivity index (χ0) is 18.5. The highest BCUT2D eigenvalue weighted by molar-refractivity contribution is 6.34. The Hall–Kier alpha value is -2.11. The van der Waals surface area contributed by atoms with Crippen molar-refractivity contribution < 1.29 is 4.79 Å². The van der Waals surface area contributed by atoms with Gasteiger partial charge in [-0.05, 0) is 45.9 Å². The second-order valence-electron chi connectivity index (χ2n) is 7.37. The molecule has 2 rings (SSSR count). The molecule has 0 spiro atoms. The van der Waals surface area contributed by atoms with Crippen molar-refractivity contribution in [2.75, 3.05) is 0 Å². The Bertz CT molecular complexity index is 772. The van der Waals surface area contributed by atoms with E-state index in [1.807, 2.05) is 43.4 Å². The van der Waals surface area contributed by atoms with Gasteiger partial charge in [0.25, 0.3) is 0 Å². The number of allylic oxidation sites excluding steroid dienone is 2. The van der Waals surface area contributed by atoms with Gasteiger partial charge in [0.1, 0.15) is 0 Å². The number of carbonyl (C=O) groups excluding carboxylic acids is 1. The van der Waals surface area contributed by atoms with Crippen LogP contribution in [0.25, 0.3) is 0 Å². The first-order valence-electron chi connectivity index (χ1n) is 8.41. The molecule has 3 heteroatoms. The van der Waals surface area contributed by atoms with Crippen molar-refractivity contribution in [3.05, 3.63) is 59.2 Å². The molecule has 1 aliphatic rings. The van der Waals surface area contributed by atoms with Gasteiger partial charge in [0, 0.05) is 23.6 Å². The third kappa shape index (κ3) is 5.18. The third-order valence-electron chi connectivity index (χ3n) is 3.94. The molecule has 1 heterocycles. The number of rotatable bonds is 5. The van der Waals surface area contributed by atoms with Crippen LogP contribution in [0.2, 0.25) is 5.02 Å². The fourth-order valence-corrected chi connectivity index (χ4v) is 2.85.